The van der Waals surface area contributed by atoms with Crippen LogP contribution >= 0.6 is 0 Å². The van der Waals surface area contributed by atoms with Crippen LogP contribution in [0.4, 0.5) is 0 Å². The highest BCUT2D eigenvalue weighted by Crippen LogP contribution is 2.40. The van der Waals surface area contributed by atoms with Crippen molar-refractivity contribution in [3.8, 4) is 11.5 Å². The van der Waals surface area contributed by atoms with Gasteiger partial charge in [-0.2, -0.15) is 0 Å². The predicted molar refractivity (Wildman–Crippen MR) is 94.1 cm³/mol. The summed E-state index contributed by atoms with van der Waals surface area (Å²) in [7, 11) is -1.79. The average Bonchev–Trinajstić information content (AvgIpc) is 2.37. The Labute approximate surface area is 136 Å². The Morgan fingerprint density at radius 2 is 1.59 bits per heavy atom. The van der Waals surface area contributed by atoms with Gasteiger partial charge in [0.05, 0.1) is 0 Å². The van der Waals surface area contributed by atoms with Gasteiger partial charge in [0.15, 0.2) is 0 Å². The van der Waals surface area contributed by atoms with Crippen LogP contribution in [0.1, 0.15) is 60.8 Å². The van der Waals surface area contributed by atoms with E-state index in [2.05, 4.69) is 53.0 Å². The summed E-state index contributed by atoms with van der Waals surface area (Å²) in [5.41, 5.74) is 5.27. The van der Waals surface area contributed by atoms with Gasteiger partial charge >= 0.3 is 0 Å². The lowest BCUT2D eigenvalue weighted by atomic mass is 10.0. The number of carbonyl (C=O) groups is 1. The molecule has 0 aromatic rings. The summed E-state index contributed by atoms with van der Waals surface area (Å²) in [5.74, 6) is 3.30. The van der Waals surface area contributed by atoms with E-state index in [1.54, 1.807) is 0 Å². The lowest BCUT2D eigenvalue weighted by Gasteiger charge is -2.38. The van der Waals surface area contributed by atoms with Gasteiger partial charge in [0.2, 0.25) is 6.54 Å². The lowest BCUT2D eigenvalue weighted by Crippen LogP contribution is -2.43. The monoisotopic (exact) mass is 325 g/mol. The molecule has 0 unspecified atom stereocenters. The highest BCUT2D eigenvalue weighted by molar-refractivity contribution is 6.90. The van der Waals surface area contributed by atoms with Crippen LogP contribution < -0.4 is 0 Å². The summed E-state index contributed by atoms with van der Waals surface area (Å²) in [6, 6.07) is 0. The zero-order chi connectivity index (χ0) is 17.3. The second-order valence-corrected chi connectivity index (χ2v) is 12.5. The number of nitro groups is 1. The van der Waals surface area contributed by atoms with Gasteiger partial charge in [-0.3, -0.25) is 10.1 Å². The first-order chi connectivity index (χ1) is 10.2. The highest BCUT2D eigenvalue weighted by atomic mass is 28.3. The Hall–Kier alpha value is -1.15. The third kappa shape index (κ3) is 5.92. The van der Waals surface area contributed by atoms with Gasteiger partial charge in [-0.25, -0.2) is 0 Å². The molecule has 0 fully saturated rings. The number of carbonyl (C=O) groups excluding carboxylic acids is 1. The number of hydrogen-bond acceptors (Lipinski definition) is 3. The summed E-state index contributed by atoms with van der Waals surface area (Å²) >= 11 is 0. The summed E-state index contributed by atoms with van der Waals surface area (Å²) in [5, 5.41) is 10.4. The van der Waals surface area contributed by atoms with E-state index in [4.69, 9.17) is 0 Å². The molecule has 0 aliphatic rings. The van der Waals surface area contributed by atoms with Gasteiger partial charge < -0.3 is 4.79 Å². The van der Waals surface area contributed by atoms with Crippen molar-refractivity contribution in [2.24, 2.45) is 5.92 Å². The van der Waals surface area contributed by atoms with Gasteiger partial charge in [0.25, 0.3) is 0 Å². The van der Waals surface area contributed by atoms with Crippen LogP contribution in [-0.4, -0.2) is 25.8 Å². The second-order valence-electron chi connectivity index (χ2n) is 6.96. The number of aldehydes is 1. The molecule has 0 aromatic carbocycles. The molecule has 0 amide bonds. The van der Waals surface area contributed by atoms with E-state index >= 15 is 0 Å². The molecular formula is C17H31NO3Si. The molecule has 0 radical (unpaired) electrons. The Bertz CT molecular complexity index is 400. The summed E-state index contributed by atoms with van der Waals surface area (Å²) < 4.78 is 0. The van der Waals surface area contributed by atoms with Crippen LogP contribution in [0.25, 0.3) is 0 Å². The maximum Gasteiger partial charge on any atom is 0.203 e. The number of hydrogen-bond donors (Lipinski definition) is 0. The molecule has 0 aliphatic heterocycles. The zero-order valence-corrected chi connectivity index (χ0v) is 15.9. The third-order valence-electron chi connectivity index (χ3n) is 4.63. The minimum Gasteiger partial charge on any atom is -0.303 e. The van der Waals surface area contributed by atoms with E-state index in [1.807, 2.05) is 0 Å². The van der Waals surface area contributed by atoms with Crippen LogP contribution in [0.5, 0.6) is 0 Å². The van der Waals surface area contributed by atoms with Gasteiger partial charge in [0, 0.05) is 23.7 Å². The van der Waals surface area contributed by atoms with Crippen LogP contribution in [0, 0.1) is 27.5 Å². The van der Waals surface area contributed by atoms with Crippen LogP contribution in [0.3, 0.4) is 0 Å². The van der Waals surface area contributed by atoms with Crippen molar-refractivity contribution in [3.63, 3.8) is 0 Å². The minimum absolute atomic E-state index is 0.0411. The quantitative estimate of drug-likeness (QED) is 0.207. The maximum absolute atomic E-state index is 10.8. The molecule has 0 bridgehead atoms. The fourth-order valence-electron chi connectivity index (χ4n) is 3.49. The first-order valence-corrected chi connectivity index (χ1v) is 10.5. The average molecular weight is 326 g/mol. The van der Waals surface area contributed by atoms with Crippen molar-refractivity contribution in [3.05, 3.63) is 10.1 Å². The van der Waals surface area contributed by atoms with Crippen molar-refractivity contribution in [2.45, 2.75) is 77.4 Å². The highest BCUT2D eigenvalue weighted by Gasteiger charge is 2.41. The molecule has 0 rings (SSSR count). The van der Waals surface area contributed by atoms with Gasteiger partial charge in [0.1, 0.15) is 14.4 Å². The Morgan fingerprint density at radius 3 is 1.95 bits per heavy atom. The third-order valence-corrected chi connectivity index (χ3v) is 10.9. The van der Waals surface area contributed by atoms with E-state index in [9.17, 15) is 14.9 Å². The smallest absolute Gasteiger partial charge is 0.203 e. The molecular weight excluding hydrogens is 294 g/mol. The van der Waals surface area contributed by atoms with Crippen molar-refractivity contribution in [1.29, 1.82) is 0 Å². The molecule has 0 heterocycles. The summed E-state index contributed by atoms with van der Waals surface area (Å²) in [6.07, 6.45) is 2.38. The zero-order valence-electron chi connectivity index (χ0n) is 14.9. The molecule has 0 spiro atoms. The van der Waals surface area contributed by atoms with Crippen molar-refractivity contribution in [2.75, 3.05) is 6.54 Å². The molecule has 5 heteroatoms. The Kier molecular flexibility index (Phi) is 9.27. The van der Waals surface area contributed by atoms with Crippen LogP contribution in [0.15, 0.2) is 0 Å². The fourth-order valence-corrected chi connectivity index (χ4v) is 8.81. The van der Waals surface area contributed by atoms with E-state index in [0.717, 1.165) is 6.29 Å². The molecule has 0 saturated heterocycles. The largest absolute Gasteiger partial charge is 0.303 e. The van der Waals surface area contributed by atoms with E-state index < -0.39 is 8.07 Å². The van der Waals surface area contributed by atoms with Gasteiger partial charge in [-0.1, -0.05) is 41.5 Å². The SMILES string of the molecule is CC(C)[Si](C#C[C@H](CC=O)CCC[N+](=O)[O-])(C(C)C)C(C)C. The normalized spacial score (nSPS) is 13.1. The molecule has 0 aromatic heterocycles. The first-order valence-electron chi connectivity index (χ1n) is 8.26. The van der Waals surface area contributed by atoms with Gasteiger partial charge in [-0.15, -0.1) is 11.5 Å². The standard InChI is InChI=1S/C17H31NO3Si/c1-14(2)22(15(3)4,16(5)6)13-10-17(9-12-19)8-7-11-18(20)21/h12,14-17H,7-9,11H2,1-6H3/t17-/m0/s1. The van der Waals surface area contributed by atoms with Gasteiger partial charge in [-0.05, 0) is 23.0 Å². The molecule has 126 valence electrons. The topological polar surface area (TPSA) is 60.2 Å². The molecule has 22 heavy (non-hydrogen) atoms. The van der Waals surface area contributed by atoms with Crippen molar-refractivity contribution >= 4 is 14.4 Å². The fraction of sp³-hybridized carbons (Fsp3) is 0.824. The number of nitrogens with zero attached hydrogens (tertiary/aromatic N) is 1. The maximum atomic E-state index is 10.8. The molecule has 0 N–H and O–H groups in total. The van der Waals surface area contributed by atoms with E-state index in [1.165, 1.54) is 0 Å². The summed E-state index contributed by atoms with van der Waals surface area (Å²) in [4.78, 5) is 21.0. The van der Waals surface area contributed by atoms with E-state index in [0.29, 0.717) is 35.9 Å². The molecule has 4 nitrogen and oxygen atoms in total. The van der Waals surface area contributed by atoms with Crippen molar-refractivity contribution in [1.82, 2.24) is 0 Å². The predicted octanol–water partition coefficient (Wildman–Crippen LogP) is 4.47. The number of rotatable bonds is 9. The van der Waals surface area contributed by atoms with Crippen LogP contribution in [0.2, 0.25) is 16.6 Å². The Balaban J connectivity index is 5.25. The minimum atomic E-state index is -1.79. The van der Waals surface area contributed by atoms with Crippen molar-refractivity contribution < 1.29 is 9.72 Å². The van der Waals surface area contributed by atoms with Crippen LogP contribution in [-0.2, 0) is 4.79 Å². The lowest BCUT2D eigenvalue weighted by molar-refractivity contribution is -0.480. The van der Waals surface area contributed by atoms with E-state index in [-0.39, 0.29) is 17.4 Å². The second kappa shape index (κ2) is 9.78. The molecule has 1 atom stereocenters. The summed E-state index contributed by atoms with van der Waals surface area (Å²) in [6.45, 7) is 13.5. The Morgan fingerprint density at radius 1 is 1.09 bits per heavy atom. The molecule has 0 aliphatic carbocycles. The molecule has 0 saturated carbocycles. The first kappa shape index (κ1) is 20.8.